The first-order valence-electron chi connectivity index (χ1n) is 6.28. The van der Waals surface area contributed by atoms with E-state index in [0.29, 0.717) is 5.41 Å². The van der Waals surface area contributed by atoms with Crippen molar-refractivity contribution in [3.63, 3.8) is 0 Å². The first-order valence-corrected chi connectivity index (χ1v) is 6.28. The molecule has 0 fully saturated rings. The third kappa shape index (κ3) is 8.47. The van der Waals surface area contributed by atoms with Crippen molar-refractivity contribution in [3.05, 3.63) is 23.8 Å². The van der Waals surface area contributed by atoms with Gasteiger partial charge in [0.25, 0.3) is 0 Å². The van der Waals surface area contributed by atoms with Crippen LogP contribution in [0.25, 0.3) is 0 Å². The zero-order valence-electron chi connectivity index (χ0n) is 11.3. The van der Waals surface area contributed by atoms with Crippen LogP contribution in [0.3, 0.4) is 0 Å². The predicted octanol–water partition coefficient (Wildman–Crippen LogP) is 5.51. The lowest BCUT2D eigenvalue weighted by molar-refractivity contribution is 0.335. The number of hydrogen-bond acceptors (Lipinski definition) is 0. The summed E-state index contributed by atoms with van der Waals surface area (Å²) in [7, 11) is 0. The van der Waals surface area contributed by atoms with Gasteiger partial charge in [0.2, 0.25) is 0 Å². The third-order valence-electron chi connectivity index (χ3n) is 2.96. The maximum Gasteiger partial charge on any atom is -0.0288 e. The Labute approximate surface area is 96.5 Å². The molecule has 0 saturated heterocycles. The van der Waals surface area contributed by atoms with Gasteiger partial charge in [-0.25, -0.2) is 0 Å². The minimum Gasteiger partial charge on any atom is -0.0887 e. The molecule has 0 aromatic rings. The molecule has 0 aliphatic rings. The first-order chi connectivity index (χ1) is 7.02. The molecule has 0 rings (SSSR count). The van der Waals surface area contributed by atoms with Crippen molar-refractivity contribution >= 4 is 0 Å². The second-order valence-corrected chi connectivity index (χ2v) is 5.26. The van der Waals surface area contributed by atoms with E-state index in [4.69, 9.17) is 0 Å². The quantitative estimate of drug-likeness (QED) is 0.484. The largest absolute Gasteiger partial charge is 0.0887 e. The summed E-state index contributed by atoms with van der Waals surface area (Å²) in [5, 5.41) is 0. The fourth-order valence-electron chi connectivity index (χ4n) is 1.75. The summed E-state index contributed by atoms with van der Waals surface area (Å²) in [6, 6.07) is 0. The van der Waals surface area contributed by atoms with E-state index in [0.717, 1.165) is 0 Å². The van der Waals surface area contributed by atoms with Crippen LogP contribution in [0.4, 0.5) is 0 Å². The maximum atomic E-state index is 2.36. The third-order valence-corrected chi connectivity index (χ3v) is 2.96. The Kier molecular flexibility index (Phi) is 7.46. The Morgan fingerprint density at radius 1 is 1.20 bits per heavy atom. The molecular formula is C15H28. The fourth-order valence-corrected chi connectivity index (χ4v) is 1.75. The van der Waals surface area contributed by atoms with Gasteiger partial charge in [0, 0.05) is 0 Å². The Hall–Kier alpha value is -0.520. The Morgan fingerprint density at radius 3 is 2.40 bits per heavy atom. The predicted molar refractivity (Wildman–Crippen MR) is 71.1 cm³/mol. The molecule has 0 aliphatic carbocycles. The van der Waals surface area contributed by atoms with E-state index < -0.39 is 0 Å². The summed E-state index contributed by atoms with van der Waals surface area (Å²) in [6.45, 7) is 11.3. The molecule has 0 atom stereocenters. The van der Waals surface area contributed by atoms with E-state index in [2.05, 4.69) is 52.8 Å². The number of rotatable bonds is 7. The Morgan fingerprint density at radius 2 is 1.87 bits per heavy atom. The van der Waals surface area contributed by atoms with Crippen molar-refractivity contribution in [2.24, 2.45) is 5.41 Å². The van der Waals surface area contributed by atoms with E-state index in [1.807, 2.05) is 0 Å². The molecule has 0 amide bonds. The molecule has 0 unspecified atom stereocenters. The summed E-state index contributed by atoms with van der Waals surface area (Å²) in [5.41, 5.74) is 1.98. The highest BCUT2D eigenvalue weighted by Gasteiger charge is 2.13. The molecule has 0 radical (unpaired) electrons. The highest BCUT2D eigenvalue weighted by Crippen LogP contribution is 2.26. The molecule has 0 heteroatoms. The minimum absolute atomic E-state index is 0.487. The summed E-state index contributed by atoms with van der Waals surface area (Å²) >= 11 is 0. The van der Waals surface area contributed by atoms with Crippen LogP contribution in [0.15, 0.2) is 23.8 Å². The van der Waals surface area contributed by atoms with E-state index in [-0.39, 0.29) is 0 Å². The van der Waals surface area contributed by atoms with E-state index in [1.165, 1.54) is 37.7 Å². The molecule has 0 heterocycles. The van der Waals surface area contributed by atoms with Crippen LogP contribution in [0.5, 0.6) is 0 Å². The highest BCUT2D eigenvalue weighted by molar-refractivity contribution is 4.98. The van der Waals surface area contributed by atoms with E-state index in [9.17, 15) is 0 Å². The van der Waals surface area contributed by atoms with Crippen LogP contribution in [0, 0.1) is 5.41 Å². The summed E-state index contributed by atoms with van der Waals surface area (Å²) in [5.74, 6) is 0. The smallest absolute Gasteiger partial charge is 0.0288 e. The average molecular weight is 208 g/mol. The lowest BCUT2D eigenvalue weighted by atomic mass is 9.84. The fraction of sp³-hybridized carbons (Fsp3) is 0.733. The maximum absolute atomic E-state index is 2.36. The number of hydrogen-bond donors (Lipinski definition) is 0. The van der Waals surface area contributed by atoms with Crippen LogP contribution in [-0.2, 0) is 0 Å². The molecule has 0 N–H and O–H groups in total. The summed E-state index contributed by atoms with van der Waals surface area (Å²) < 4.78 is 0. The average Bonchev–Trinajstić information content (AvgIpc) is 2.16. The van der Waals surface area contributed by atoms with Gasteiger partial charge in [0.15, 0.2) is 0 Å². The Bertz CT molecular complexity index is 206. The van der Waals surface area contributed by atoms with Gasteiger partial charge in [0.05, 0.1) is 0 Å². The van der Waals surface area contributed by atoms with Gasteiger partial charge in [0.1, 0.15) is 0 Å². The second-order valence-electron chi connectivity index (χ2n) is 5.26. The van der Waals surface area contributed by atoms with Gasteiger partial charge in [-0.2, -0.15) is 0 Å². The van der Waals surface area contributed by atoms with Crippen LogP contribution in [0.1, 0.15) is 66.7 Å². The Balaban J connectivity index is 3.71. The van der Waals surface area contributed by atoms with Crippen molar-refractivity contribution < 1.29 is 0 Å². The zero-order valence-corrected chi connectivity index (χ0v) is 11.3. The molecule has 15 heavy (non-hydrogen) atoms. The second kappa shape index (κ2) is 7.73. The van der Waals surface area contributed by atoms with Gasteiger partial charge in [-0.05, 0) is 44.9 Å². The van der Waals surface area contributed by atoms with Crippen LogP contribution < -0.4 is 0 Å². The van der Waals surface area contributed by atoms with Gasteiger partial charge < -0.3 is 0 Å². The highest BCUT2D eigenvalue weighted by atomic mass is 14.2. The summed E-state index contributed by atoms with van der Waals surface area (Å²) in [4.78, 5) is 0. The van der Waals surface area contributed by atoms with Crippen LogP contribution in [0.2, 0.25) is 0 Å². The van der Waals surface area contributed by atoms with Crippen molar-refractivity contribution in [2.45, 2.75) is 66.7 Å². The van der Waals surface area contributed by atoms with E-state index in [1.54, 1.807) is 0 Å². The van der Waals surface area contributed by atoms with Gasteiger partial charge >= 0.3 is 0 Å². The van der Waals surface area contributed by atoms with Crippen LogP contribution >= 0.6 is 0 Å². The topological polar surface area (TPSA) is 0 Å². The molecule has 0 aromatic heterocycles. The van der Waals surface area contributed by atoms with E-state index >= 15 is 0 Å². The molecule has 0 aliphatic heterocycles. The standard InChI is InChI=1S/C15H28/c1-6-12-15(4,5)13-10-8-9-11-14(3)7-2/h7-8,10H,6,9,11-13H2,1-5H3. The lowest BCUT2D eigenvalue weighted by Crippen LogP contribution is -2.08. The monoisotopic (exact) mass is 208 g/mol. The van der Waals surface area contributed by atoms with Gasteiger partial charge in [-0.15, -0.1) is 0 Å². The van der Waals surface area contributed by atoms with Crippen LogP contribution in [-0.4, -0.2) is 0 Å². The molecule has 0 nitrogen and oxygen atoms in total. The van der Waals surface area contributed by atoms with Crippen molar-refractivity contribution in [1.29, 1.82) is 0 Å². The normalized spacial score (nSPS) is 13.8. The summed E-state index contributed by atoms with van der Waals surface area (Å²) in [6.07, 6.45) is 13.1. The minimum atomic E-state index is 0.487. The molecule has 88 valence electrons. The zero-order chi connectivity index (χ0) is 11.7. The molecular weight excluding hydrogens is 180 g/mol. The first kappa shape index (κ1) is 14.5. The van der Waals surface area contributed by atoms with Crippen molar-refractivity contribution in [3.8, 4) is 0 Å². The molecule has 0 spiro atoms. The molecule has 0 aromatic carbocycles. The van der Waals surface area contributed by atoms with Gasteiger partial charge in [-0.1, -0.05) is 51.0 Å². The SMILES string of the molecule is CC=C(C)CCC=CCC(C)(C)CCC. The molecule has 0 bridgehead atoms. The lowest BCUT2D eigenvalue weighted by Gasteiger charge is -2.21. The molecule has 0 saturated carbocycles. The number of allylic oxidation sites excluding steroid dienone is 4. The van der Waals surface area contributed by atoms with Crippen molar-refractivity contribution in [2.75, 3.05) is 0 Å². The van der Waals surface area contributed by atoms with Gasteiger partial charge in [-0.3, -0.25) is 0 Å². The van der Waals surface area contributed by atoms with Crippen molar-refractivity contribution in [1.82, 2.24) is 0 Å².